The van der Waals surface area contributed by atoms with E-state index in [0.29, 0.717) is 6.42 Å². The summed E-state index contributed by atoms with van der Waals surface area (Å²) in [6, 6.07) is 42.5. The Kier molecular flexibility index (Phi) is 6.14. The zero-order valence-electron chi connectivity index (χ0n) is 25.4. The van der Waals surface area contributed by atoms with Crippen molar-refractivity contribution in [1.82, 2.24) is 9.13 Å². The molecule has 0 N–H and O–H groups in total. The van der Waals surface area contributed by atoms with Gasteiger partial charge >= 0.3 is 0 Å². The molecule has 0 aliphatic heterocycles. The van der Waals surface area contributed by atoms with Crippen LogP contribution in [0.15, 0.2) is 146 Å². The van der Waals surface area contributed by atoms with E-state index < -0.39 is 0 Å². The maximum Gasteiger partial charge on any atom is 0.0701 e. The molecule has 0 spiro atoms. The van der Waals surface area contributed by atoms with Crippen LogP contribution < -0.4 is 0 Å². The van der Waals surface area contributed by atoms with Gasteiger partial charge in [-0.2, -0.15) is 5.26 Å². The van der Waals surface area contributed by atoms with Gasteiger partial charge in [0, 0.05) is 39.4 Å². The van der Waals surface area contributed by atoms with E-state index in [0.717, 1.165) is 18.5 Å². The van der Waals surface area contributed by atoms with Crippen LogP contribution in [0.4, 0.5) is 0 Å². The molecule has 218 valence electrons. The van der Waals surface area contributed by atoms with Gasteiger partial charge in [0.15, 0.2) is 0 Å². The average Bonchev–Trinajstić information content (AvgIpc) is 3.64. The fourth-order valence-corrected chi connectivity index (χ4v) is 7.47. The summed E-state index contributed by atoms with van der Waals surface area (Å²) in [5, 5.41) is 14.6. The molecule has 0 bridgehead atoms. The van der Waals surface area contributed by atoms with E-state index in [1.807, 2.05) is 12.2 Å². The van der Waals surface area contributed by atoms with Crippen LogP contribution in [0.2, 0.25) is 0 Å². The number of aromatic nitrogens is 2. The molecule has 1 atom stereocenters. The second kappa shape index (κ2) is 10.6. The summed E-state index contributed by atoms with van der Waals surface area (Å²) in [5.74, 6) is -0.0972. The van der Waals surface area contributed by atoms with E-state index in [9.17, 15) is 5.26 Å². The first-order valence-electron chi connectivity index (χ1n) is 16.1. The van der Waals surface area contributed by atoms with Gasteiger partial charge in [-0.15, -0.1) is 0 Å². The van der Waals surface area contributed by atoms with Crippen molar-refractivity contribution in [3.63, 3.8) is 0 Å². The number of hydrogen-bond acceptors (Lipinski definition) is 1. The normalized spacial score (nSPS) is 16.3. The molecule has 1 unspecified atom stereocenters. The van der Waals surface area contributed by atoms with E-state index in [4.69, 9.17) is 0 Å². The summed E-state index contributed by atoms with van der Waals surface area (Å²) in [7, 11) is 0. The first kappa shape index (κ1) is 26.5. The van der Waals surface area contributed by atoms with Crippen molar-refractivity contribution in [2.45, 2.75) is 19.3 Å². The molecule has 5 aromatic carbocycles. The molecule has 0 saturated carbocycles. The lowest BCUT2D eigenvalue weighted by atomic mass is 9.98. The fourth-order valence-electron chi connectivity index (χ4n) is 7.47. The van der Waals surface area contributed by atoms with Gasteiger partial charge in [-0.1, -0.05) is 97.1 Å². The van der Waals surface area contributed by atoms with Crippen LogP contribution in [0.3, 0.4) is 0 Å². The third-order valence-corrected chi connectivity index (χ3v) is 9.69. The molecule has 3 heteroatoms. The summed E-state index contributed by atoms with van der Waals surface area (Å²) >= 11 is 0. The third-order valence-electron chi connectivity index (χ3n) is 9.69. The Hall–Kier alpha value is -5.85. The summed E-state index contributed by atoms with van der Waals surface area (Å²) in [4.78, 5) is 0. The zero-order valence-corrected chi connectivity index (χ0v) is 25.4. The summed E-state index contributed by atoms with van der Waals surface area (Å²) in [6.07, 6.45) is 15.7. The number of nitriles is 1. The van der Waals surface area contributed by atoms with E-state index in [1.54, 1.807) is 0 Å². The molecular formula is C43H31N3. The van der Waals surface area contributed by atoms with Crippen LogP contribution in [0, 0.1) is 17.2 Å². The molecule has 0 amide bonds. The van der Waals surface area contributed by atoms with Crippen LogP contribution >= 0.6 is 0 Å². The first-order chi connectivity index (χ1) is 22.8. The Morgan fingerprint density at radius 2 is 1.07 bits per heavy atom. The highest BCUT2D eigenvalue weighted by Crippen LogP contribution is 2.39. The van der Waals surface area contributed by atoms with E-state index in [-0.39, 0.29) is 5.92 Å². The Bertz CT molecular complexity index is 2500. The highest BCUT2D eigenvalue weighted by molar-refractivity contribution is 6.12. The molecule has 0 radical (unpaired) electrons. The number of para-hydroxylation sites is 2. The predicted molar refractivity (Wildman–Crippen MR) is 193 cm³/mol. The van der Waals surface area contributed by atoms with Gasteiger partial charge in [-0.25, -0.2) is 0 Å². The molecule has 46 heavy (non-hydrogen) atoms. The van der Waals surface area contributed by atoms with E-state index in [1.165, 1.54) is 71.6 Å². The minimum atomic E-state index is -0.0972. The zero-order chi connectivity index (χ0) is 30.6. The maximum atomic E-state index is 9.58. The molecule has 2 aliphatic carbocycles. The molecule has 2 heterocycles. The number of nitrogens with zero attached hydrogens (tertiary/aromatic N) is 3. The molecule has 2 aromatic heterocycles. The first-order valence-corrected chi connectivity index (χ1v) is 16.1. The number of allylic oxidation sites excluding steroid dienone is 8. The minimum Gasteiger partial charge on any atom is -0.313 e. The Morgan fingerprint density at radius 3 is 1.63 bits per heavy atom. The molecule has 9 rings (SSSR count). The molecule has 7 aromatic rings. The van der Waals surface area contributed by atoms with Crippen LogP contribution in [-0.4, -0.2) is 9.13 Å². The second-order valence-corrected chi connectivity index (χ2v) is 12.4. The smallest absolute Gasteiger partial charge is 0.0701 e. The lowest BCUT2D eigenvalue weighted by Crippen LogP contribution is -2.05. The van der Waals surface area contributed by atoms with E-state index >= 15 is 0 Å². The molecule has 2 aliphatic rings. The summed E-state index contributed by atoms with van der Waals surface area (Å²) in [6.45, 7) is 0. The summed E-state index contributed by atoms with van der Waals surface area (Å²) in [5.41, 5.74) is 12.2. The maximum absolute atomic E-state index is 9.58. The highest BCUT2D eigenvalue weighted by Gasteiger charge is 2.19. The van der Waals surface area contributed by atoms with Gasteiger partial charge in [0.1, 0.15) is 0 Å². The minimum absolute atomic E-state index is 0.0972. The Labute approximate surface area is 267 Å². The standard InChI is InChI=1S/C43H31N3/c44-28-29-9-8-12-35(25-29)46-41-16-7-5-14-37(41)39-27-33(22-24-43(39)46)31-19-17-30(18-20-31)32-21-23-42-38(26-32)36-13-4-6-15-40(36)45(42)34-10-2-1-3-11-34/h1-2,4-10,12-24,26-27,29H,3,11,25H2. The SMILES string of the molecule is N#CC1C=CC=C(n2c3ccccc3c3cc(-c4ccc(-c5ccc6c(c5)c5ccccc5n6C5=CC=CCC5)cc4)ccc32)C1. The number of rotatable bonds is 4. The molecule has 3 nitrogen and oxygen atoms in total. The van der Waals surface area contributed by atoms with Crippen molar-refractivity contribution in [2.24, 2.45) is 5.92 Å². The molecular weight excluding hydrogens is 558 g/mol. The van der Waals surface area contributed by atoms with E-state index in [2.05, 4.69) is 149 Å². The van der Waals surface area contributed by atoms with Crippen LogP contribution in [0.25, 0.3) is 77.3 Å². The number of benzene rings is 5. The topological polar surface area (TPSA) is 33.6 Å². The van der Waals surface area contributed by atoms with Crippen LogP contribution in [0.5, 0.6) is 0 Å². The molecule has 0 saturated heterocycles. The molecule has 0 fully saturated rings. The van der Waals surface area contributed by atoms with Crippen molar-refractivity contribution in [3.05, 3.63) is 146 Å². The summed E-state index contributed by atoms with van der Waals surface area (Å²) < 4.78 is 4.78. The monoisotopic (exact) mass is 589 g/mol. The Morgan fingerprint density at radius 1 is 0.543 bits per heavy atom. The van der Waals surface area contributed by atoms with Gasteiger partial charge in [0.25, 0.3) is 0 Å². The van der Waals surface area contributed by atoms with Crippen LogP contribution in [0.1, 0.15) is 19.3 Å². The largest absolute Gasteiger partial charge is 0.313 e. The lowest BCUT2D eigenvalue weighted by molar-refractivity contribution is 0.822. The highest BCUT2D eigenvalue weighted by atomic mass is 15.0. The van der Waals surface area contributed by atoms with Gasteiger partial charge in [0.2, 0.25) is 0 Å². The third kappa shape index (κ3) is 4.19. The van der Waals surface area contributed by atoms with Crippen molar-refractivity contribution in [3.8, 4) is 28.3 Å². The fraction of sp³-hybridized carbons (Fsp3) is 0.0930. The van der Waals surface area contributed by atoms with Crippen molar-refractivity contribution in [1.29, 1.82) is 5.26 Å². The van der Waals surface area contributed by atoms with Crippen molar-refractivity contribution in [2.75, 3.05) is 0 Å². The second-order valence-electron chi connectivity index (χ2n) is 12.4. The van der Waals surface area contributed by atoms with Gasteiger partial charge in [-0.05, 0) is 83.6 Å². The van der Waals surface area contributed by atoms with Gasteiger partial charge in [0.05, 0.1) is 34.1 Å². The lowest BCUT2D eigenvalue weighted by Gasteiger charge is -2.16. The predicted octanol–water partition coefficient (Wildman–Crippen LogP) is 11.4. The Balaban J connectivity index is 1.10. The van der Waals surface area contributed by atoms with Gasteiger partial charge < -0.3 is 9.13 Å². The number of fused-ring (bicyclic) bond motifs is 6. The number of hydrogen-bond donors (Lipinski definition) is 0. The van der Waals surface area contributed by atoms with Crippen molar-refractivity contribution < 1.29 is 0 Å². The quantitative estimate of drug-likeness (QED) is 0.201. The average molecular weight is 590 g/mol. The van der Waals surface area contributed by atoms with Crippen LogP contribution in [-0.2, 0) is 0 Å². The van der Waals surface area contributed by atoms with Gasteiger partial charge in [-0.3, -0.25) is 0 Å². The van der Waals surface area contributed by atoms with Crippen molar-refractivity contribution >= 4 is 55.0 Å².